The van der Waals surface area contributed by atoms with Gasteiger partial charge in [-0.05, 0) is 38.3 Å². The number of carbonyl (C=O) groups excluding carboxylic acids is 3. The molecule has 1 unspecified atom stereocenters. The third-order valence-corrected chi connectivity index (χ3v) is 4.66. The normalized spacial score (nSPS) is 14.8. The molecule has 5 nitrogen and oxygen atoms in total. The smallest absolute Gasteiger partial charge is 0.305 e. The predicted molar refractivity (Wildman–Crippen MR) is 89.6 cm³/mol. The summed E-state index contributed by atoms with van der Waals surface area (Å²) in [5, 5.41) is 0. The van der Waals surface area contributed by atoms with Crippen LogP contribution in [0.15, 0.2) is 24.3 Å². The van der Waals surface area contributed by atoms with Crippen LogP contribution in [0.1, 0.15) is 53.3 Å². The number of esters is 1. The quantitative estimate of drug-likeness (QED) is 0.394. The maximum absolute atomic E-state index is 12.2. The van der Waals surface area contributed by atoms with Crippen LogP contribution in [-0.2, 0) is 9.53 Å². The predicted octanol–water partition coefficient (Wildman–Crippen LogP) is 3.17. The number of carbonyl (C=O) groups is 3. The lowest BCUT2D eigenvalue weighted by molar-refractivity contribution is -0.143. The highest BCUT2D eigenvalue weighted by Gasteiger charge is 2.34. The molecule has 0 fully saturated rings. The van der Waals surface area contributed by atoms with Crippen molar-refractivity contribution in [3.8, 4) is 0 Å². The van der Waals surface area contributed by atoms with Crippen LogP contribution in [0.25, 0.3) is 0 Å². The zero-order valence-corrected chi connectivity index (χ0v) is 14.7. The van der Waals surface area contributed by atoms with Crippen molar-refractivity contribution in [2.24, 2.45) is 0 Å². The lowest BCUT2D eigenvalue weighted by atomic mass is 10.1. The molecule has 1 atom stereocenters. The van der Waals surface area contributed by atoms with E-state index in [1.807, 2.05) is 0 Å². The van der Waals surface area contributed by atoms with Gasteiger partial charge >= 0.3 is 5.97 Å². The van der Waals surface area contributed by atoms with E-state index in [4.69, 9.17) is 4.74 Å². The fourth-order valence-corrected chi connectivity index (χ4v) is 3.12. The minimum atomic E-state index is -0.219. The molecule has 0 N–H and O–H groups in total. The lowest BCUT2D eigenvalue weighted by Gasteiger charge is -2.15. The molecule has 0 saturated carbocycles. The highest BCUT2D eigenvalue weighted by atomic mass is 79.9. The van der Waals surface area contributed by atoms with Crippen LogP contribution in [0.4, 0.5) is 0 Å². The number of fused-ring (bicyclic) bond motifs is 1. The second kappa shape index (κ2) is 8.24. The molecule has 2 amide bonds. The molecule has 23 heavy (non-hydrogen) atoms. The molecule has 1 aliphatic rings. The van der Waals surface area contributed by atoms with Crippen LogP contribution in [0.2, 0.25) is 0 Å². The molecule has 1 aromatic rings. The number of alkyl halides is 1. The summed E-state index contributed by atoms with van der Waals surface area (Å²) in [4.78, 5) is 37.2. The summed E-state index contributed by atoms with van der Waals surface area (Å²) in [6, 6.07) is 6.89. The van der Waals surface area contributed by atoms with Crippen molar-refractivity contribution in [1.82, 2.24) is 4.90 Å². The van der Waals surface area contributed by atoms with Gasteiger partial charge in [0, 0.05) is 17.8 Å². The Bertz CT molecular complexity index is 567. The van der Waals surface area contributed by atoms with Crippen molar-refractivity contribution in [2.45, 2.75) is 37.4 Å². The maximum atomic E-state index is 12.2. The summed E-state index contributed by atoms with van der Waals surface area (Å²) in [5.41, 5.74) is 0.963. The maximum Gasteiger partial charge on any atom is 0.305 e. The molecular weight excluding hydrogens is 362 g/mol. The number of ether oxygens (including phenoxy) is 1. The number of imide groups is 1. The Morgan fingerprint density at radius 1 is 1.17 bits per heavy atom. The van der Waals surface area contributed by atoms with E-state index in [-0.39, 0.29) is 22.6 Å². The van der Waals surface area contributed by atoms with Crippen LogP contribution in [0.5, 0.6) is 0 Å². The van der Waals surface area contributed by atoms with Gasteiger partial charge in [0.2, 0.25) is 0 Å². The van der Waals surface area contributed by atoms with Gasteiger partial charge in [-0.15, -0.1) is 0 Å². The average Bonchev–Trinajstić information content (AvgIpc) is 2.78. The largest absolute Gasteiger partial charge is 0.466 e. The van der Waals surface area contributed by atoms with Crippen LogP contribution >= 0.6 is 15.9 Å². The molecule has 0 radical (unpaired) electrons. The Morgan fingerprint density at radius 2 is 1.78 bits per heavy atom. The highest BCUT2D eigenvalue weighted by molar-refractivity contribution is 9.09. The highest BCUT2D eigenvalue weighted by Crippen LogP contribution is 2.23. The third-order valence-electron chi connectivity index (χ3n) is 3.74. The van der Waals surface area contributed by atoms with Gasteiger partial charge in [0.25, 0.3) is 11.8 Å². The first-order chi connectivity index (χ1) is 11.0. The van der Waals surface area contributed by atoms with E-state index in [2.05, 4.69) is 15.9 Å². The first kappa shape index (κ1) is 17.7. The number of halogens is 1. The van der Waals surface area contributed by atoms with Crippen LogP contribution in [0, 0.1) is 0 Å². The van der Waals surface area contributed by atoms with Gasteiger partial charge in [0.1, 0.15) is 0 Å². The molecule has 2 rings (SSSR count). The Hall–Kier alpha value is -1.69. The molecule has 0 aromatic heterocycles. The van der Waals surface area contributed by atoms with Crippen molar-refractivity contribution < 1.29 is 19.1 Å². The summed E-state index contributed by atoms with van der Waals surface area (Å²) in [6.45, 7) is 2.57. The fourth-order valence-electron chi connectivity index (χ4n) is 2.57. The summed E-state index contributed by atoms with van der Waals surface area (Å²) in [7, 11) is 0. The number of amides is 2. The van der Waals surface area contributed by atoms with E-state index >= 15 is 0 Å². The molecule has 1 aliphatic heterocycles. The van der Waals surface area contributed by atoms with E-state index < -0.39 is 0 Å². The van der Waals surface area contributed by atoms with Crippen molar-refractivity contribution in [3.05, 3.63) is 35.4 Å². The number of benzene rings is 1. The molecule has 0 bridgehead atoms. The minimum absolute atomic E-state index is 0.169. The Morgan fingerprint density at radius 3 is 2.35 bits per heavy atom. The zero-order valence-electron chi connectivity index (χ0n) is 13.1. The monoisotopic (exact) mass is 381 g/mol. The Balaban J connectivity index is 1.76. The first-order valence-electron chi connectivity index (χ1n) is 7.79. The van der Waals surface area contributed by atoms with E-state index in [1.165, 1.54) is 4.90 Å². The minimum Gasteiger partial charge on any atom is -0.466 e. The first-order valence-corrected chi connectivity index (χ1v) is 8.71. The lowest BCUT2D eigenvalue weighted by Crippen LogP contribution is -2.31. The zero-order chi connectivity index (χ0) is 16.8. The Kier molecular flexibility index (Phi) is 6.33. The summed E-state index contributed by atoms with van der Waals surface area (Å²) < 4.78 is 4.88. The fraction of sp³-hybridized carbons (Fsp3) is 0.471. The van der Waals surface area contributed by atoms with E-state index in [0.29, 0.717) is 43.5 Å². The second-order valence-electron chi connectivity index (χ2n) is 5.39. The number of nitrogens with zero attached hydrogens (tertiary/aromatic N) is 1. The number of hydrogen-bond donors (Lipinski definition) is 0. The molecule has 6 heteroatoms. The SMILES string of the molecule is CCOC(=O)CCC(Br)CCCN1C(=O)c2ccccc2C1=O. The van der Waals surface area contributed by atoms with E-state index in [0.717, 1.165) is 6.42 Å². The molecule has 0 aliphatic carbocycles. The van der Waals surface area contributed by atoms with Gasteiger partial charge in [-0.2, -0.15) is 0 Å². The standard InChI is InChI=1S/C17H20BrNO4/c1-2-23-15(20)10-9-12(18)6-5-11-19-16(21)13-7-3-4-8-14(13)17(19)22/h3-4,7-8,12H,2,5-6,9-11H2,1H3. The van der Waals surface area contributed by atoms with Gasteiger partial charge in [0.05, 0.1) is 17.7 Å². The molecule has 0 saturated heterocycles. The summed E-state index contributed by atoms with van der Waals surface area (Å²) in [5.74, 6) is -0.635. The van der Waals surface area contributed by atoms with E-state index in [9.17, 15) is 14.4 Å². The van der Waals surface area contributed by atoms with Gasteiger partial charge in [0.15, 0.2) is 0 Å². The topological polar surface area (TPSA) is 63.7 Å². The summed E-state index contributed by atoms with van der Waals surface area (Å²) >= 11 is 3.53. The van der Waals surface area contributed by atoms with Crippen LogP contribution in [0.3, 0.4) is 0 Å². The third kappa shape index (κ3) is 4.41. The second-order valence-corrected chi connectivity index (χ2v) is 6.69. The average molecular weight is 382 g/mol. The number of rotatable bonds is 8. The van der Waals surface area contributed by atoms with Gasteiger partial charge in [-0.25, -0.2) is 0 Å². The van der Waals surface area contributed by atoms with Gasteiger partial charge < -0.3 is 4.74 Å². The molecular formula is C17H20BrNO4. The molecule has 1 aromatic carbocycles. The van der Waals surface area contributed by atoms with Crippen molar-refractivity contribution >= 4 is 33.7 Å². The molecule has 124 valence electrons. The van der Waals surface area contributed by atoms with E-state index in [1.54, 1.807) is 31.2 Å². The van der Waals surface area contributed by atoms with Crippen molar-refractivity contribution in [2.75, 3.05) is 13.2 Å². The van der Waals surface area contributed by atoms with Crippen LogP contribution < -0.4 is 0 Å². The number of hydrogen-bond acceptors (Lipinski definition) is 4. The summed E-state index contributed by atoms with van der Waals surface area (Å²) in [6.07, 6.45) is 2.54. The Labute approximate surface area is 144 Å². The molecule has 1 heterocycles. The van der Waals surface area contributed by atoms with Crippen LogP contribution in [-0.4, -0.2) is 40.7 Å². The van der Waals surface area contributed by atoms with Crippen molar-refractivity contribution in [3.63, 3.8) is 0 Å². The van der Waals surface area contributed by atoms with Crippen molar-refractivity contribution in [1.29, 1.82) is 0 Å². The van der Waals surface area contributed by atoms with Gasteiger partial charge in [-0.1, -0.05) is 28.1 Å². The molecule has 0 spiro atoms. The van der Waals surface area contributed by atoms with Gasteiger partial charge in [-0.3, -0.25) is 19.3 Å².